The molecule has 0 bridgehead atoms. The van der Waals surface area contributed by atoms with E-state index < -0.39 is 0 Å². The van der Waals surface area contributed by atoms with Crippen molar-refractivity contribution in [2.75, 3.05) is 0 Å². The van der Waals surface area contributed by atoms with Gasteiger partial charge in [-0.05, 0) is 36.5 Å². The minimum absolute atomic E-state index is 0.0871. The smallest absolute Gasteiger partial charge is 0.280 e. The van der Waals surface area contributed by atoms with Crippen LogP contribution in [0.1, 0.15) is 38.1 Å². The van der Waals surface area contributed by atoms with Crippen molar-refractivity contribution in [1.82, 2.24) is 9.02 Å². The van der Waals surface area contributed by atoms with Crippen LogP contribution in [-0.2, 0) is 0 Å². The van der Waals surface area contributed by atoms with E-state index in [9.17, 15) is 10.0 Å². The number of hydrogen-bond donors (Lipinski definition) is 1. The van der Waals surface area contributed by atoms with Gasteiger partial charge in [-0.25, -0.2) is 5.06 Å². The highest BCUT2D eigenvalue weighted by atomic mass is 35.5. The van der Waals surface area contributed by atoms with Gasteiger partial charge in [0.25, 0.3) is 5.56 Å². The summed E-state index contributed by atoms with van der Waals surface area (Å²) in [4.78, 5) is 12.3. The zero-order valence-electron chi connectivity index (χ0n) is 11.4. The van der Waals surface area contributed by atoms with Crippen LogP contribution in [-0.4, -0.2) is 19.6 Å². The molecule has 1 atom stereocenters. The summed E-state index contributed by atoms with van der Waals surface area (Å²) < 4.78 is 2.60. The van der Waals surface area contributed by atoms with Crippen LogP contribution in [0.2, 0.25) is 5.02 Å². The molecule has 1 aromatic heterocycles. The third-order valence-corrected chi connectivity index (χ3v) is 6.92. The topological polar surface area (TPSA) is 45.5 Å². The maximum Gasteiger partial charge on any atom is 0.280 e. The molecule has 1 N–H and O–H groups in total. The predicted octanol–water partition coefficient (Wildman–Crippen LogP) is 4.26. The molecule has 1 fully saturated rings. The van der Waals surface area contributed by atoms with Gasteiger partial charge in [0, 0.05) is 12.2 Å². The Kier molecular flexibility index (Phi) is 4.78. The lowest BCUT2D eigenvalue weighted by atomic mass is 9.96. The number of aromatic nitrogens is 1. The Morgan fingerprint density at radius 2 is 2.05 bits per heavy atom. The molecule has 1 unspecified atom stereocenters. The Morgan fingerprint density at radius 1 is 1.29 bits per heavy atom. The molecule has 114 valence electrons. The van der Waals surface area contributed by atoms with E-state index in [0.717, 1.165) is 22.1 Å². The molecule has 4 nitrogen and oxygen atoms in total. The van der Waals surface area contributed by atoms with Crippen LogP contribution >= 0.6 is 34.9 Å². The third-order valence-electron chi connectivity index (χ3n) is 3.77. The fourth-order valence-electron chi connectivity index (χ4n) is 2.66. The Bertz CT molecular complexity index is 617. The second-order valence-corrected chi connectivity index (χ2v) is 7.98. The molecule has 2 heterocycles. The average Bonchev–Trinajstić information content (AvgIpc) is 2.79. The summed E-state index contributed by atoms with van der Waals surface area (Å²) >= 11 is 9.04. The van der Waals surface area contributed by atoms with Gasteiger partial charge in [0.1, 0.15) is 14.6 Å². The number of hydroxylamine groups is 2. The minimum Gasteiger partial charge on any atom is -0.288 e. The van der Waals surface area contributed by atoms with E-state index in [4.69, 9.17) is 11.6 Å². The molecule has 1 aliphatic heterocycles. The fourth-order valence-corrected chi connectivity index (χ4v) is 5.38. The van der Waals surface area contributed by atoms with Gasteiger partial charge in [0.15, 0.2) is 0 Å². The largest absolute Gasteiger partial charge is 0.288 e. The van der Waals surface area contributed by atoms with E-state index in [-0.39, 0.29) is 22.0 Å². The van der Waals surface area contributed by atoms with Crippen LogP contribution in [0.4, 0.5) is 0 Å². The summed E-state index contributed by atoms with van der Waals surface area (Å²) in [5, 5.41) is 11.0. The zero-order chi connectivity index (χ0) is 14.8. The van der Waals surface area contributed by atoms with E-state index in [1.54, 1.807) is 12.3 Å². The number of nitrogens with zero attached hydrogens (tertiary/aromatic N) is 2. The van der Waals surface area contributed by atoms with Crippen LogP contribution in [0.3, 0.4) is 0 Å². The van der Waals surface area contributed by atoms with Gasteiger partial charge in [0.05, 0.1) is 0 Å². The number of thioether (sulfide) groups is 1. The summed E-state index contributed by atoms with van der Waals surface area (Å²) in [6, 6.07) is 0.287. The predicted molar refractivity (Wildman–Crippen MR) is 87.3 cm³/mol. The van der Waals surface area contributed by atoms with Crippen LogP contribution < -0.4 is 5.56 Å². The molecule has 0 spiro atoms. The van der Waals surface area contributed by atoms with Crippen LogP contribution in [0.5, 0.6) is 0 Å². The Labute approximate surface area is 136 Å². The number of rotatable bonds is 3. The molecule has 7 heteroatoms. The summed E-state index contributed by atoms with van der Waals surface area (Å²) in [5.74, 6) is 0. The van der Waals surface area contributed by atoms with E-state index in [1.165, 1.54) is 42.6 Å². The second kappa shape index (κ2) is 6.60. The molecule has 21 heavy (non-hydrogen) atoms. The van der Waals surface area contributed by atoms with Crippen LogP contribution in [0.25, 0.3) is 0 Å². The maximum absolute atomic E-state index is 12.3. The average molecular weight is 345 g/mol. The van der Waals surface area contributed by atoms with Crippen molar-refractivity contribution in [2.24, 2.45) is 0 Å². The lowest BCUT2D eigenvalue weighted by Crippen LogP contribution is -2.23. The summed E-state index contributed by atoms with van der Waals surface area (Å²) in [5.41, 5.74) is -0.0871. The van der Waals surface area contributed by atoms with Gasteiger partial charge in [-0.3, -0.25) is 14.0 Å². The summed E-state index contributed by atoms with van der Waals surface area (Å²) in [7, 11) is 0. The standard InChI is InChI=1S/C14H17ClN2O2S2/c15-12-13(18)17(10-6-2-1-3-7-10)21-14(12)20-11-8-4-5-9-16(11)19/h4-5,8-11,19H,1-3,6-7H2. The normalized spacial score (nSPS) is 23.0. The molecule has 3 rings (SSSR count). The number of halogens is 1. The third kappa shape index (κ3) is 3.23. The number of allylic oxidation sites excluding steroid dienone is 2. The molecule has 0 radical (unpaired) electrons. The first kappa shape index (κ1) is 15.2. The van der Waals surface area contributed by atoms with Crippen molar-refractivity contribution < 1.29 is 5.21 Å². The first-order chi connectivity index (χ1) is 10.2. The molecule has 0 saturated heterocycles. The Morgan fingerprint density at radius 3 is 2.76 bits per heavy atom. The molecule has 2 aliphatic rings. The first-order valence-corrected chi connectivity index (χ1v) is 9.10. The molecule has 1 aromatic rings. The van der Waals surface area contributed by atoms with Crippen molar-refractivity contribution in [3.63, 3.8) is 0 Å². The molecule has 1 saturated carbocycles. The van der Waals surface area contributed by atoms with Gasteiger partial charge >= 0.3 is 0 Å². The Hall–Kier alpha value is -0.690. The molecule has 1 aliphatic carbocycles. The zero-order valence-corrected chi connectivity index (χ0v) is 13.8. The van der Waals surface area contributed by atoms with Gasteiger partial charge in [0.2, 0.25) is 0 Å². The summed E-state index contributed by atoms with van der Waals surface area (Å²) in [6.45, 7) is 0. The number of hydrogen-bond acceptors (Lipinski definition) is 5. The lowest BCUT2D eigenvalue weighted by Gasteiger charge is -2.23. The van der Waals surface area contributed by atoms with E-state index in [2.05, 4.69) is 0 Å². The van der Waals surface area contributed by atoms with Crippen LogP contribution in [0.15, 0.2) is 33.4 Å². The van der Waals surface area contributed by atoms with Crippen molar-refractivity contribution in [2.45, 2.75) is 47.7 Å². The van der Waals surface area contributed by atoms with E-state index in [1.807, 2.05) is 16.1 Å². The van der Waals surface area contributed by atoms with E-state index >= 15 is 0 Å². The van der Waals surface area contributed by atoms with Crippen molar-refractivity contribution in [1.29, 1.82) is 0 Å². The Balaban J connectivity index is 1.81. The monoisotopic (exact) mass is 344 g/mol. The van der Waals surface area contributed by atoms with Crippen molar-refractivity contribution >= 4 is 34.9 Å². The maximum atomic E-state index is 12.3. The molecule has 0 aromatic carbocycles. The molecule has 0 amide bonds. The summed E-state index contributed by atoms with van der Waals surface area (Å²) in [6.07, 6.45) is 12.8. The van der Waals surface area contributed by atoms with E-state index in [0.29, 0.717) is 0 Å². The molecular formula is C14H17ClN2O2S2. The van der Waals surface area contributed by atoms with Gasteiger partial charge < -0.3 is 0 Å². The SMILES string of the molecule is O=c1c(Cl)c(SC2C=CC=CN2O)sn1C1CCCCC1. The highest BCUT2D eigenvalue weighted by Gasteiger charge is 2.24. The van der Waals surface area contributed by atoms with Gasteiger partial charge in [-0.2, -0.15) is 0 Å². The highest BCUT2D eigenvalue weighted by Crippen LogP contribution is 2.38. The minimum atomic E-state index is -0.245. The van der Waals surface area contributed by atoms with Crippen molar-refractivity contribution in [3.05, 3.63) is 39.8 Å². The molecular weight excluding hydrogens is 328 g/mol. The fraction of sp³-hybridized carbons (Fsp3) is 0.500. The van der Waals surface area contributed by atoms with Gasteiger partial charge in [-0.1, -0.05) is 48.7 Å². The van der Waals surface area contributed by atoms with Gasteiger partial charge in [-0.15, -0.1) is 0 Å². The van der Waals surface area contributed by atoms with Crippen LogP contribution in [0, 0.1) is 0 Å². The quantitative estimate of drug-likeness (QED) is 0.889. The highest BCUT2D eigenvalue weighted by molar-refractivity contribution is 8.01. The lowest BCUT2D eigenvalue weighted by molar-refractivity contribution is -0.0407. The first-order valence-electron chi connectivity index (χ1n) is 7.07. The van der Waals surface area contributed by atoms with Crippen molar-refractivity contribution in [3.8, 4) is 0 Å². The second-order valence-electron chi connectivity index (χ2n) is 5.23.